The quantitative estimate of drug-likeness (QED) is 0.298. The molecule has 0 aliphatic carbocycles. The first-order chi connectivity index (χ1) is 11.0. The van der Waals surface area contributed by atoms with E-state index in [1.807, 2.05) is 30.3 Å². The van der Waals surface area contributed by atoms with Crippen molar-refractivity contribution in [1.82, 2.24) is 9.80 Å². The lowest BCUT2D eigenvalue weighted by molar-refractivity contribution is 0.106. The first-order valence-corrected chi connectivity index (χ1v) is 10.7. The van der Waals surface area contributed by atoms with Crippen LogP contribution in [-0.4, -0.2) is 62.5 Å². The second-order valence-corrected chi connectivity index (χ2v) is 10.0. The third kappa shape index (κ3) is 3.80. The van der Waals surface area contributed by atoms with E-state index < -0.39 is 26.7 Å². The largest absolute Gasteiger partial charge is 0.369 e. The van der Waals surface area contributed by atoms with Crippen molar-refractivity contribution in [2.24, 2.45) is 0 Å². The molecular formula is C13H23N2O7P2+. The van der Waals surface area contributed by atoms with Gasteiger partial charge in [0.05, 0.1) is 19.6 Å². The van der Waals surface area contributed by atoms with Crippen molar-refractivity contribution in [3.05, 3.63) is 30.3 Å². The van der Waals surface area contributed by atoms with Gasteiger partial charge in [-0.1, -0.05) is 18.2 Å². The van der Waals surface area contributed by atoms with Gasteiger partial charge in [0.25, 0.3) is 5.08 Å². The van der Waals surface area contributed by atoms with Crippen LogP contribution < -0.4 is 9.80 Å². The van der Waals surface area contributed by atoms with E-state index in [-0.39, 0.29) is 11.0 Å². The van der Waals surface area contributed by atoms with Crippen LogP contribution in [0.4, 0.5) is 5.69 Å². The zero-order chi connectivity index (χ0) is 18.1. The number of piperazine rings is 1. The average molecular weight is 381 g/mol. The monoisotopic (exact) mass is 381 g/mol. The van der Waals surface area contributed by atoms with E-state index in [4.69, 9.17) is 0 Å². The van der Waals surface area contributed by atoms with E-state index in [1.165, 1.54) is 0 Å². The van der Waals surface area contributed by atoms with Crippen LogP contribution in [0.2, 0.25) is 0 Å². The summed E-state index contributed by atoms with van der Waals surface area (Å²) >= 11 is 0. The van der Waals surface area contributed by atoms with Crippen LogP contribution >= 0.6 is 15.2 Å². The van der Waals surface area contributed by atoms with Crippen molar-refractivity contribution in [3.63, 3.8) is 0 Å². The number of hydrogen-bond donors (Lipinski definition) is 6. The topological polar surface area (TPSA) is 147 Å². The molecule has 11 heteroatoms. The van der Waals surface area contributed by atoms with Crippen molar-refractivity contribution in [2.75, 3.05) is 32.7 Å². The van der Waals surface area contributed by atoms with Gasteiger partial charge in [0, 0.05) is 19.5 Å². The Morgan fingerprint density at radius 2 is 1.50 bits per heavy atom. The number of hydrogen-bond acceptors (Lipinski definition) is 4. The molecule has 0 bridgehead atoms. The van der Waals surface area contributed by atoms with Gasteiger partial charge in [-0.05, 0) is 12.1 Å². The fourth-order valence-electron chi connectivity index (χ4n) is 3.00. The molecule has 0 aromatic heterocycles. The number of benzene rings is 1. The van der Waals surface area contributed by atoms with E-state index in [2.05, 4.69) is 5.32 Å². The summed E-state index contributed by atoms with van der Waals surface area (Å²) in [6.07, 6.45) is -0.712. The molecule has 0 amide bonds. The molecular weight excluding hydrogens is 358 g/mol. The molecule has 24 heavy (non-hydrogen) atoms. The number of nitrogens with one attached hydrogen (secondary N) is 1. The molecule has 9 nitrogen and oxygen atoms in total. The van der Waals surface area contributed by atoms with E-state index in [9.17, 15) is 33.8 Å². The maximum Gasteiger partial charge on any atom is 0.369 e. The Morgan fingerprint density at radius 1 is 1.00 bits per heavy atom. The summed E-state index contributed by atoms with van der Waals surface area (Å²) in [6.45, 7) is 2.47. The number of rotatable bonds is 6. The molecule has 0 saturated carbocycles. The molecule has 0 atom stereocenters. The molecule has 1 fully saturated rings. The van der Waals surface area contributed by atoms with Gasteiger partial charge < -0.3 is 30.0 Å². The first-order valence-electron chi connectivity index (χ1n) is 7.48. The number of quaternary nitrogens is 1. The Labute approximate surface area is 139 Å². The highest BCUT2D eigenvalue weighted by atomic mass is 31.2. The van der Waals surface area contributed by atoms with Crippen LogP contribution in [-0.2, 0) is 9.13 Å². The van der Waals surface area contributed by atoms with Gasteiger partial charge in [0.1, 0.15) is 5.69 Å². The van der Waals surface area contributed by atoms with Crippen molar-refractivity contribution >= 4 is 20.9 Å². The van der Waals surface area contributed by atoms with Crippen LogP contribution in [0.5, 0.6) is 0 Å². The summed E-state index contributed by atoms with van der Waals surface area (Å²) in [6, 6.07) is 9.22. The van der Waals surface area contributed by atoms with Gasteiger partial charge in [0.15, 0.2) is 0 Å². The maximum atomic E-state index is 11.5. The average Bonchev–Trinajstić information content (AvgIpc) is 2.52. The van der Waals surface area contributed by atoms with Gasteiger partial charge >= 0.3 is 15.2 Å². The van der Waals surface area contributed by atoms with Gasteiger partial charge in [-0.3, -0.25) is 13.6 Å². The zero-order valence-corrected chi connectivity index (χ0v) is 14.8. The van der Waals surface area contributed by atoms with E-state index in [0.717, 1.165) is 5.69 Å². The predicted octanol–water partition coefficient (Wildman–Crippen LogP) is -0.0113. The second kappa shape index (κ2) is 6.96. The van der Waals surface area contributed by atoms with Crippen molar-refractivity contribution in [1.29, 1.82) is 0 Å². The van der Waals surface area contributed by atoms with Crippen molar-refractivity contribution in [3.8, 4) is 0 Å². The van der Waals surface area contributed by atoms with Crippen molar-refractivity contribution < 1.29 is 33.8 Å². The molecule has 0 spiro atoms. The molecule has 0 radical (unpaired) electrons. The van der Waals surface area contributed by atoms with Gasteiger partial charge in [0.2, 0.25) is 0 Å². The fraction of sp³-hybridized carbons (Fsp3) is 0.538. The highest BCUT2D eigenvalue weighted by molar-refractivity contribution is 7.72. The minimum absolute atomic E-state index is 0.00157. The van der Waals surface area contributed by atoms with Crippen LogP contribution in [0.15, 0.2) is 30.3 Å². The molecule has 1 aliphatic rings. The third-order valence-corrected chi connectivity index (χ3v) is 8.42. The molecule has 2 rings (SSSR count). The Hall–Kier alpha value is -0.600. The molecule has 1 aromatic rings. The minimum Gasteiger partial charge on any atom is -0.367 e. The molecule has 136 valence electrons. The van der Waals surface area contributed by atoms with Gasteiger partial charge in [-0.2, -0.15) is 0 Å². The minimum atomic E-state index is -5.43. The Balaban J connectivity index is 2.34. The van der Waals surface area contributed by atoms with Crippen LogP contribution in [0.1, 0.15) is 6.42 Å². The molecule has 1 aliphatic heterocycles. The lowest BCUT2D eigenvalue weighted by atomic mass is 10.1. The van der Waals surface area contributed by atoms with Crippen molar-refractivity contribution in [2.45, 2.75) is 11.5 Å². The molecule has 1 heterocycles. The Kier molecular flexibility index (Phi) is 5.72. The predicted molar refractivity (Wildman–Crippen MR) is 89.4 cm³/mol. The van der Waals surface area contributed by atoms with Gasteiger partial charge in [-0.15, -0.1) is 0 Å². The number of nitrogens with zero attached hydrogens (tertiary/aromatic N) is 1. The van der Waals surface area contributed by atoms with Crippen LogP contribution in [0, 0.1) is 0 Å². The Morgan fingerprint density at radius 3 is 1.96 bits per heavy atom. The number of para-hydroxylation sites is 1. The second-order valence-electron chi connectivity index (χ2n) is 6.01. The van der Waals surface area contributed by atoms with E-state index in [0.29, 0.717) is 26.2 Å². The van der Waals surface area contributed by atoms with Crippen LogP contribution in [0.25, 0.3) is 0 Å². The summed E-state index contributed by atoms with van der Waals surface area (Å²) in [7, 11) is -10.9. The lowest BCUT2D eigenvalue weighted by Crippen LogP contribution is -2.61. The summed E-state index contributed by atoms with van der Waals surface area (Å²) in [5.41, 5.74) is 0.873. The normalized spacial score (nSPS) is 19.2. The molecule has 6 N–H and O–H groups in total. The van der Waals surface area contributed by atoms with Crippen LogP contribution in [0.3, 0.4) is 0 Å². The summed E-state index contributed by atoms with van der Waals surface area (Å²) in [5, 5.41) is 9.94. The van der Waals surface area contributed by atoms with E-state index >= 15 is 0 Å². The fourth-order valence-corrected chi connectivity index (χ4v) is 5.14. The summed E-state index contributed by atoms with van der Waals surface area (Å²) < 4.78 is 23.4. The molecule has 1 saturated heterocycles. The smallest absolute Gasteiger partial charge is 0.367 e. The highest BCUT2D eigenvalue weighted by Gasteiger charge is 2.60. The maximum absolute atomic E-state index is 11.5. The molecule has 1 aromatic carbocycles. The van der Waals surface area contributed by atoms with Gasteiger partial charge in [-0.25, -0.2) is 0 Å². The Bertz CT molecular complexity index is 630. The molecule has 0 unspecified atom stereocenters. The zero-order valence-electron chi connectivity index (χ0n) is 13.0. The SMILES string of the molecule is O=P(O)(O)C(O)(CC[N+]1(c2ccccc2)CCNCC1)P(=O)(O)O. The third-order valence-electron chi connectivity index (χ3n) is 4.55. The summed E-state index contributed by atoms with van der Waals surface area (Å²) in [5.74, 6) is 0. The van der Waals surface area contributed by atoms with E-state index in [1.54, 1.807) is 0 Å². The lowest BCUT2D eigenvalue weighted by Gasteiger charge is -2.43. The summed E-state index contributed by atoms with van der Waals surface area (Å²) in [4.78, 5) is 37.2. The standard InChI is InChI=1S/C13H22N2O7P2/c16-13(23(17,18)19,24(20,21)22)6-9-15(10-7-14-8-11-15)12-4-2-1-3-5-12/h1-5,14,16H,6-11H2,(H3-,17,18,19,20,21,22)/p+1. The number of aliphatic hydroxyl groups is 1. The highest BCUT2D eigenvalue weighted by Crippen LogP contribution is 2.69. The first kappa shape index (κ1) is 19.7.